The minimum atomic E-state index is 0.825. The van der Waals surface area contributed by atoms with Crippen molar-refractivity contribution in [3.8, 4) is 95.4 Å². The van der Waals surface area contributed by atoms with Crippen molar-refractivity contribution >= 4 is 121 Å². The number of pyridine rings is 2. The summed E-state index contributed by atoms with van der Waals surface area (Å²) in [6.07, 6.45) is 3.69. The monoisotopic (exact) mass is 1430 g/mol. The summed E-state index contributed by atoms with van der Waals surface area (Å²) in [5, 5.41) is 10.2. The van der Waals surface area contributed by atoms with E-state index in [9.17, 15) is 0 Å². The molecular weight excluding hydrogens is 1370 g/mol. The molecule has 23 rings (SSSR count). The summed E-state index contributed by atoms with van der Waals surface area (Å²) >= 11 is 0. The van der Waals surface area contributed by atoms with Gasteiger partial charge in [-0.2, -0.15) is 0 Å². The van der Waals surface area contributed by atoms with E-state index in [4.69, 9.17) is 43.2 Å². The highest BCUT2D eigenvalue weighted by molar-refractivity contribution is 6.12. The molecule has 0 N–H and O–H groups in total. The first kappa shape index (κ1) is 65.1. The van der Waals surface area contributed by atoms with Crippen molar-refractivity contribution in [1.29, 1.82) is 0 Å². The van der Waals surface area contributed by atoms with Crippen molar-refractivity contribution in [1.82, 2.24) is 34.5 Å². The van der Waals surface area contributed by atoms with Crippen LogP contribution in [0.3, 0.4) is 0 Å². The Morgan fingerprint density at radius 3 is 1.27 bits per heavy atom. The maximum atomic E-state index is 6.20. The van der Waals surface area contributed by atoms with Gasteiger partial charge in [-0.1, -0.05) is 255 Å². The molecule has 0 amide bonds. The van der Waals surface area contributed by atoms with E-state index in [1.165, 1.54) is 16.3 Å². The Morgan fingerprint density at radius 1 is 0.214 bits per heavy atom. The van der Waals surface area contributed by atoms with Crippen LogP contribution in [0.1, 0.15) is 0 Å². The molecule has 0 radical (unpaired) electrons. The Labute approximate surface area is 642 Å². The summed E-state index contributed by atoms with van der Waals surface area (Å²) in [7, 11) is 0. The maximum Gasteiger partial charge on any atom is 0.136 e. The molecule has 23 aromatic rings. The molecule has 8 aromatic heterocycles. The van der Waals surface area contributed by atoms with Gasteiger partial charge in [-0.15, -0.1) is 0 Å². The van der Waals surface area contributed by atoms with E-state index in [1.807, 2.05) is 134 Å². The van der Waals surface area contributed by atoms with Crippen molar-refractivity contribution in [3.05, 3.63) is 382 Å². The first-order chi connectivity index (χ1) is 55.5. The van der Waals surface area contributed by atoms with Crippen molar-refractivity contribution in [3.63, 3.8) is 0 Å². The second kappa shape index (κ2) is 27.5. The van der Waals surface area contributed by atoms with Gasteiger partial charge in [0.15, 0.2) is 0 Å². The van der Waals surface area contributed by atoms with Gasteiger partial charge in [-0.25, -0.2) is 19.9 Å². The van der Waals surface area contributed by atoms with Crippen molar-refractivity contribution in [2.24, 2.45) is 0 Å². The Kier molecular flexibility index (Phi) is 16.0. The number of hydrogen-bond acceptors (Lipinski definition) is 9. The highest BCUT2D eigenvalue weighted by atomic mass is 16.3. The molecule has 0 fully saturated rings. The lowest BCUT2D eigenvalue weighted by molar-refractivity contribution is 0.668. The normalized spacial score (nSPS) is 11.6. The molecule has 15 aromatic carbocycles. The number of aromatic nitrogens is 7. The molecule has 0 saturated carbocycles. The third-order valence-corrected chi connectivity index (χ3v) is 21.2. The second-order valence-corrected chi connectivity index (χ2v) is 28.0. The van der Waals surface area contributed by atoms with Crippen LogP contribution in [0, 0.1) is 0 Å². The summed E-state index contributed by atoms with van der Waals surface area (Å²) in [6, 6.07) is 127. The van der Waals surface area contributed by atoms with Crippen LogP contribution in [0.15, 0.2) is 396 Å². The van der Waals surface area contributed by atoms with Crippen molar-refractivity contribution in [2.75, 3.05) is 0 Å². The summed E-state index contributed by atoms with van der Waals surface area (Å²) in [5.41, 5.74) is 29.3. The largest absolute Gasteiger partial charge is 0.456 e. The smallest absolute Gasteiger partial charge is 0.136 e. The minimum absolute atomic E-state index is 0.825. The lowest BCUT2D eigenvalue weighted by atomic mass is 9.93. The number of rotatable bonds is 9. The maximum absolute atomic E-state index is 6.20. The van der Waals surface area contributed by atoms with Gasteiger partial charge < -0.3 is 17.8 Å². The number of benzene rings is 15. The average molecular weight is 1430 g/mol. The van der Waals surface area contributed by atoms with Crippen LogP contribution in [-0.2, 0) is 0 Å². The highest BCUT2D eigenvalue weighted by Gasteiger charge is 2.21. The van der Waals surface area contributed by atoms with Crippen LogP contribution in [0.4, 0.5) is 0 Å². The third kappa shape index (κ3) is 11.7. The van der Waals surface area contributed by atoms with Crippen LogP contribution in [0.5, 0.6) is 0 Å². The predicted octanol–water partition coefficient (Wildman–Crippen LogP) is 27.0. The summed E-state index contributed by atoms with van der Waals surface area (Å²) in [6.45, 7) is 0. The molecule has 0 bridgehead atoms. The van der Waals surface area contributed by atoms with Crippen molar-refractivity contribution < 1.29 is 13.3 Å². The molecule has 0 aliphatic heterocycles. The standard InChI is InChI=1S/C38H23N3O.2C32H20N2O/c1-2-9-26(10-3-1)41-34-14-6-4-11-27(34)28-18-17-25(21-35(28)41)38-31-13-8-20-39-33(31)23-32(40-38)24-16-19-30-29-12-5-7-15-36(29)42-37(30)22-24;1-3-10-21(11-4-1)30-31(22-12-5-2-6-13-22)34-32-24(15-9-16-27(32)33-30)23-18-19-26-25-14-7-8-17-28(25)35-29(26)20-23;1-3-9-21(10-4-1)26-18-28-29(19-27(26)22-11-5-2-6-12-22)34-30(20-33-28)23-15-16-25-24-13-7-8-14-31(24)35-32(25)17-23/h1-23H;2*1-20H. The lowest BCUT2D eigenvalue weighted by Crippen LogP contribution is -1.97. The molecule has 10 heteroatoms. The van der Waals surface area contributed by atoms with Gasteiger partial charge in [-0.3, -0.25) is 9.97 Å². The molecule has 0 atom stereocenters. The van der Waals surface area contributed by atoms with E-state index in [2.05, 4.69) is 253 Å². The Morgan fingerprint density at radius 2 is 0.670 bits per heavy atom. The van der Waals surface area contributed by atoms with Gasteiger partial charge in [0.2, 0.25) is 0 Å². The first-order valence-corrected chi connectivity index (χ1v) is 37.4. The molecule has 8 heterocycles. The number of para-hydroxylation sites is 6. The van der Waals surface area contributed by atoms with E-state index in [0.717, 1.165) is 200 Å². The number of hydrogen-bond donors (Lipinski definition) is 0. The van der Waals surface area contributed by atoms with Gasteiger partial charge in [-0.05, 0) is 143 Å². The third-order valence-electron chi connectivity index (χ3n) is 21.2. The zero-order chi connectivity index (χ0) is 74.0. The van der Waals surface area contributed by atoms with Gasteiger partial charge in [0, 0.05) is 93.7 Å². The van der Waals surface area contributed by atoms with Gasteiger partial charge in [0.1, 0.15) is 33.5 Å². The Bertz CT molecular complexity index is 7520. The zero-order valence-electron chi connectivity index (χ0n) is 60.2. The lowest BCUT2D eigenvalue weighted by Gasteiger charge is -2.13. The molecule has 0 spiro atoms. The first-order valence-electron chi connectivity index (χ1n) is 37.4. The quantitative estimate of drug-likeness (QED) is 0.139. The molecule has 10 nitrogen and oxygen atoms in total. The van der Waals surface area contributed by atoms with Crippen LogP contribution in [0.2, 0.25) is 0 Å². The van der Waals surface area contributed by atoms with E-state index < -0.39 is 0 Å². The fraction of sp³-hybridized carbons (Fsp3) is 0. The van der Waals surface area contributed by atoms with Crippen molar-refractivity contribution in [2.45, 2.75) is 0 Å². The molecular formula is C102H63N7O3. The van der Waals surface area contributed by atoms with E-state index >= 15 is 0 Å². The summed E-state index contributed by atoms with van der Waals surface area (Å²) in [5.74, 6) is 0. The molecule has 0 aliphatic rings. The highest BCUT2D eigenvalue weighted by Crippen LogP contribution is 2.43. The van der Waals surface area contributed by atoms with E-state index in [0.29, 0.717) is 0 Å². The molecule has 524 valence electrons. The predicted molar refractivity (Wildman–Crippen MR) is 458 cm³/mol. The van der Waals surface area contributed by atoms with Crippen LogP contribution in [0.25, 0.3) is 216 Å². The summed E-state index contributed by atoms with van der Waals surface area (Å²) in [4.78, 5) is 30.2. The number of furan rings is 3. The SMILES string of the molecule is c1ccc(-c2cc3ncc(-c4ccc5c(c4)oc4ccccc45)nc3cc2-c2ccccc2)cc1.c1ccc(-c2nc3cccc(-c4ccc5c(c4)oc4ccccc45)c3nc2-c2ccccc2)cc1.c1ccc(-n2c3ccccc3c3ccc(-c4nc(-c5ccc6c(c5)oc5ccccc56)cc5ncccc45)cc32)cc1. The fourth-order valence-electron chi connectivity index (χ4n) is 15.9. The topological polar surface area (TPSA) is 122 Å². The number of fused-ring (bicyclic) bond motifs is 15. The minimum Gasteiger partial charge on any atom is -0.456 e. The molecule has 0 saturated heterocycles. The molecule has 0 unspecified atom stereocenters. The average Bonchev–Trinajstić information content (AvgIpc) is 1.55. The van der Waals surface area contributed by atoms with Gasteiger partial charge in [0.05, 0.1) is 73.3 Å². The second-order valence-electron chi connectivity index (χ2n) is 28.0. The fourth-order valence-corrected chi connectivity index (χ4v) is 15.9. The van der Waals surface area contributed by atoms with Crippen LogP contribution < -0.4 is 0 Å². The van der Waals surface area contributed by atoms with Crippen LogP contribution in [-0.4, -0.2) is 34.5 Å². The van der Waals surface area contributed by atoms with Gasteiger partial charge in [0.25, 0.3) is 0 Å². The zero-order valence-corrected chi connectivity index (χ0v) is 60.2. The number of nitrogens with zero attached hydrogens (tertiary/aromatic N) is 7. The van der Waals surface area contributed by atoms with Crippen LogP contribution >= 0.6 is 0 Å². The summed E-state index contributed by atoms with van der Waals surface area (Å²) < 4.78 is 20.8. The molecule has 0 aliphatic carbocycles. The van der Waals surface area contributed by atoms with Gasteiger partial charge >= 0.3 is 0 Å². The van der Waals surface area contributed by atoms with E-state index in [-0.39, 0.29) is 0 Å². The molecule has 112 heavy (non-hydrogen) atoms. The Balaban J connectivity index is 0.000000107. The van der Waals surface area contributed by atoms with E-state index in [1.54, 1.807) is 0 Å². The Hall–Kier alpha value is -15.3.